The van der Waals surface area contributed by atoms with E-state index in [4.69, 9.17) is 9.47 Å². The topological polar surface area (TPSA) is 79.3 Å². The van der Waals surface area contributed by atoms with Crippen LogP contribution in [0, 0.1) is 0 Å². The molecule has 2 heterocycles. The van der Waals surface area contributed by atoms with Crippen molar-refractivity contribution in [3.05, 3.63) is 35.9 Å². The molecule has 2 aliphatic heterocycles. The molecule has 1 aromatic carbocycles. The first-order chi connectivity index (χ1) is 12.7. The Bertz CT molecular complexity index is 687. The number of carbonyl (C=O) groups excluding carboxylic acids is 2. The van der Waals surface area contributed by atoms with Gasteiger partial charge in [0.25, 0.3) is 0 Å². The lowest BCUT2D eigenvalue weighted by atomic mass is 9.96. The molecule has 0 spiro atoms. The number of carbonyl (C=O) groups is 2. The summed E-state index contributed by atoms with van der Waals surface area (Å²) in [5.74, 6) is 0. The van der Waals surface area contributed by atoms with Crippen molar-refractivity contribution in [2.45, 2.75) is 57.4 Å². The Morgan fingerprint density at radius 2 is 1.93 bits per heavy atom. The summed E-state index contributed by atoms with van der Waals surface area (Å²) in [6.07, 6.45) is 0.502. The fourth-order valence-electron chi connectivity index (χ4n) is 3.88. The number of piperazine rings is 1. The number of ether oxygens (including phenoxy) is 2. The van der Waals surface area contributed by atoms with E-state index in [-0.39, 0.29) is 25.8 Å². The van der Waals surface area contributed by atoms with Gasteiger partial charge >= 0.3 is 12.2 Å². The molecule has 0 aromatic heterocycles. The number of likely N-dealkylation sites (tertiary alicyclic amines) is 1. The first-order valence-corrected chi connectivity index (χ1v) is 9.33. The maximum atomic E-state index is 12.7. The molecule has 2 bridgehead atoms. The molecule has 7 heteroatoms. The molecule has 2 atom stereocenters. The molecule has 0 saturated carbocycles. The quantitative estimate of drug-likeness (QED) is 0.877. The lowest BCUT2D eigenvalue weighted by Gasteiger charge is -2.47. The number of fused-ring (bicyclic) bond motifs is 2. The van der Waals surface area contributed by atoms with E-state index >= 15 is 0 Å². The van der Waals surface area contributed by atoms with Gasteiger partial charge in [-0.25, -0.2) is 9.59 Å². The van der Waals surface area contributed by atoms with Crippen molar-refractivity contribution in [3.63, 3.8) is 0 Å². The summed E-state index contributed by atoms with van der Waals surface area (Å²) in [4.78, 5) is 28.5. The van der Waals surface area contributed by atoms with E-state index in [0.29, 0.717) is 13.0 Å². The standard InChI is InChI=1S/C20H28N2O5/c1-19(2,3)27-18(25)22-16-9-10-20(22,14-23)13-21(11-16)17(24)26-12-15-7-5-4-6-8-15/h4-8,16,23H,9-14H2,1-3H3/t16-,20-/m1/s1. The fourth-order valence-corrected chi connectivity index (χ4v) is 3.88. The summed E-state index contributed by atoms with van der Waals surface area (Å²) in [7, 11) is 0. The second kappa shape index (κ2) is 7.38. The third-order valence-corrected chi connectivity index (χ3v) is 5.08. The van der Waals surface area contributed by atoms with Gasteiger partial charge in [-0.05, 0) is 39.2 Å². The van der Waals surface area contributed by atoms with E-state index in [1.54, 1.807) is 9.80 Å². The predicted octanol–water partition coefficient (Wildman–Crippen LogP) is 2.77. The molecule has 0 unspecified atom stereocenters. The van der Waals surface area contributed by atoms with Gasteiger partial charge in [-0.3, -0.25) is 4.90 Å². The fraction of sp³-hybridized carbons (Fsp3) is 0.600. The molecule has 148 valence electrons. The first-order valence-electron chi connectivity index (χ1n) is 9.33. The predicted molar refractivity (Wildman–Crippen MR) is 99.1 cm³/mol. The van der Waals surface area contributed by atoms with Crippen molar-refractivity contribution in [1.29, 1.82) is 0 Å². The molecule has 2 amide bonds. The zero-order valence-corrected chi connectivity index (χ0v) is 16.2. The van der Waals surface area contributed by atoms with Gasteiger partial charge in [-0.2, -0.15) is 0 Å². The molecule has 7 nitrogen and oxygen atoms in total. The highest BCUT2D eigenvalue weighted by Crippen LogP contribution is 2.40. The molecule has 2 fully saturated rings. The summed E-state index contributed by atoms with van der Waals surface area (Å²) in [6.45, 7) is 6.05. The van der Waals surface area contributed by atoms with E-state index in [2.05, 4.69) is 0 Å². The van der Waals surface area contributed by atoms with Crippen molar-refractivity contribution in [2.24, 2.45) is 0 Å². The number of nitrogens with zero attached hydrogens (tertiary/aromatic N) is 2. The van der Waals surface area contributed by atoms with Gasteiger partial charge in [0.05, 0.1) is 18.2 Å². The lowest BCUT2D eigenvalue weighted by Crippen LogP contribution is -2.66. The van der Waals surface area contributed by atoms with E-state index in [1.807, 2.05) is 51.1 Å². The number of rotatable bonds is 3. The second-order valence-electron chi connectivity index (χ2n) is 8.35. The molecule has 2 aliphatic rings. The Balaban J connectivity index is 1.67. The van der Waals surface area contributed by atoms with Crippen molar-refractivity contribution in [2.75, 3.05) is 19.7 Å². The van der Waals surface area contributed by atoms with E-state index in [9.17, 15) is 14.7 Å². The molecule has 1 aromatic rings. The number of hydrogen-bond acceptors (Lipinski definition) is 5. The van der Waals surface area contributed by atoms with Crippen molar-refractivity contribution < 1.29 is 24.2 Å². The van der Waals surface area contributed by atoms with Crippen LogP contribution in [-0.2, 0) is 16.1 Å². The van der Waals surface area contributed by atoms with Gasteiger partial charge in [-0.1, -0.05) is 30.3 Å². The number of benzene rings is 1. The van der Waals surface area contributed by atoms with Gasteiger partial charge in [0.1, 0.15) is 12.2 Å². The minimum Gasteiger partial charge on any atom is -0.445 e. The van der Waals surface area contributed by atoms with Crippen LogP contribution >= 0.6 is 0 Å². The average molecular weight is 376 g/mol. The highest BCUT2D eigenvalue weighted by molar-refractivity contribution is 5.73. The highest BCUT2D eigenvalue weighted by atomic mass is 16.6. The third kappa shape index (κ3) is 4.18. The van der Waals surface area contributed by atoms with Gasteiger partial charge in [-0.15, -0.1) is 0 Å². The summed E-state index contributed by atoms with van der Waals surface area (Å²) in [6, 6.07) is 9.31. The zero-order valence-electron chi connectivity index (χ0n) is 16.2. The summed E-state index contributed by atoms with van der Waals surface area (Å²) in [5, 5.41) is 10.1. The van der Waals surface area contributed by atoms with Crippen LogP contribution in [0.2, 0.25) is 0 Å². The van der Waals surface area contributed by atoms with Crippen LogP contribution < -0.4 is 0 Å². The summed E-state index contributed by atoms with van der Waals surface area (Å²) >= 11 is 0. The van der Waals surface area contributed by atoms with Crippen molar-refractivity contribution in [3.8, 4) is 0 Å². The van der Waals surface area contributed by atoms with Crippen LogP contribution in [0.5, 0.6) is 0 Å². The maximum Gasteiger partial charge on any atom is 0.411 e. The van der Waals surface area contributed by atoms with Gasteiger partial charge in [0.15, 0.2) is 0 Å². The molecule has 0 aliphatic carbocycles. The van der Waals surface area contributed by atoms with Crippen LogP contribution in [0.1, 0.15) is 39.2 Å². The van der Waals surface area contributed by atoms with E-state index in [1.165, 1.54) is 0 Å². The number of hydrogen-bond donors (Lipinski definition) is 1. The summed E-state index contributed by atoms with van der Waals surface area (Å²) in [5.41, 5.74) is -0.506. The van der Waals surface area contributed by atoms with Gasteiger partial charge in [0.2, 0.25) is 0 Å². The number of aliphatic hydroxyl groups is 1. The van der Waals surface area contributed by atoms with Crippen molar-refractivity contribution in [1.82, 2.24) is 9.80 Å². The molecular weight excluding hydrogens is 348 g/mol. The Morgan fingerprint density at radius 1 is 1.22 bits per heavy atom. The third-order valence-electron chi connectivity index (χ3n) is 5.08. The Morgan fingerprint density at radius 3 is 2.56 bits per heavy atom. The normalized spacial score (nSPS) is 24.7. The highest BCUT2D eigenvalue weighted by Gasteiger charge is 2.55. The molecule has 1 N–H and O–H groups in total. The smallest absolute Gasteiger partial charge is 0.411 e. The number of aliphatic hydroxyl groups excluding tert-OH is 1. The van der Waals surface area contributed by atoms with Crippen molar-refractivity contribution >= 4 is 12.2 Å². The monoisotopic (exact) mass is 376 g/mol. The average Bonchev–Trinajstić information content (AvgIpc) is 2.86. The van der Waals surface area contributed by atoms with E-state index in [0.717, 1.165) is 12.0 Å². The van der Waals surface area contributed by atoms with Crippen LogP contribution in [0.25, 0.3) is 0 Å². The Kier molecular flexibility index (Phi) is 5.33. The maximum absolute atomic E-state index is 12.7. The first kappa shape index (κ1) is 19.5. The summed E-state index contributed by atoms with van der Waals surface area (Å²) < 4.78 is 11.0. The van der Waals surface area contributed by atoms with Gasteiger partial charge < -0.3 is 19.5 Å². The largest absolute Gasteiger partial charge is 0.445 e. The van der Waals surface area contributed by atoms with Gasteiger partial charge in [0, 0.05) is 13.1 Å². The molecule has 2 saturated heterocycles. The molecule has 3 rings (SSSR count). The van der Waals surface area contributed by atoms with Crippen LogP contribution in [-0.4, -0.2) is 64.0 Å². The van der Waals surface area contributed by atoms with Crippen LogP contribution in [0.4, 0.5) is 9.59 Å². The molecule has 27 heavy (non-hydrogen) atoms. The Hall–Kier alpha value is -2.28. The SMILES string of the molecule is CC(C)(C)OC(=O)N1[C@@H]2CC[C@]1(CO)CN(C(=O)OCc1ccccc1)C2. The van der Waals surface area contributed by atoms with E-state index < -0.39 is 23.3 Å². The second-order valence-corrected chi connectivity index (χ2v) is 8.35. The minimum atomic E-state index is -0.809. The Labute approximate surface area is 159 Å². The van der Waals surface area contributed by atoms with Crippen LogP contribution in [0.15, 0.2) is 30.3 Å². The number of amides is 2. The minimum absolute atomic E-state index is 0.176. The molecule has 0 radical (unpaired) electrons. The molecular formula is C20H28N2O5. The lowest BCUT2D eigenvalue weighted by molar-refractivity contribution is -0.0488. The van der Waals surface area contributed by atoms with Crippen LogP contribution in [0.3, 0.4) is 0 Å². The zero-order chi connectivity index (χ0) is 19.7.